The fourth-order valence-electron chi connectivity index (χ4n) is 1.79. The van der Waals surface area contributed by atoms with Gasteiger partial charge in [0.15, 0.2) is 0 Å². The molecule has 0 heterocycles. The maximum absolute atomic E-state index is 3.17. The molecule has 0 saturated heterocycles. The number of hydrogen-bond donors (Lipinski definition) is 1. The number of rotatable bonds is 2. The Morgan fingerprint density at radius 3 is 3.18 bits per heavy atom. The number of allylic oxidation sites excluding steroid dienone is 2. The highest BCUT2D eigenvalue weighted by atomic mass is 14.8. The zero-order valence-corrected chi connectivity index (χ0v) is 7.22. The van der Waals surface area contributed by atoms with Crippen molar-refractivity contribution in [3.8, 4) is 0 Å². The summed E-state index contributed by atoms with van der Waals surface area (Å²) in [5, 5.41) is 3.17. The minimum Gasteiger partial charge on any atom is -0.316 e. The first-order valence-electron chi connectivity index (χ1n) is 4.29. The molecule has 0 aromatic heterocycles. The molecule has 0 radical (unpaired) electrons. The van der Waals surface area contributed by atoms with Crippen LogP contribution in [0.3, 0.4) is 0 Å². The molecule has 2 atom stereocenters. The van der Waals surface area contributed by atoms with E-state index in [1.807, 2.05) is 7.05 Å². The van der Waals surface area contributed by atoms with Gasteiger partial charge in [-0.1, -0.05) is 25.2 Å². The third-order valence-electron chi connectivity index (χ3n) is 2.82. The number of hydrogen-bond acceptors (Lipinski definition) is 1. The second kappa shape index (κ2) is 2.21. The molecule has 0 bridgehead atoms. The molecule has 1 saturated carbocycles. The van der Waals surface area contributed by atoms with Crippen LogP contribution in [0.15, 0.2) is 23.8 Å². The van der Waals surface area contributed by atoms with Crippen LogP contribution < -0.4 is 5.32 Å². The molecule has 2 unspecified atom stereocenters. The molecule has 1 nitrogen and oxygen atoms in total. The summed E-state index contributed by atoms with van der Waals surface area (Å²) in [6, 6.07) is 0. The van der Waals surface area contributed by atoms with Crippen molar-refractivity contribution in [3.05, 3.63) is 23.8 Å². The van der Waals surface area contributed by atoms with Gasteiger partial charge in [-0.25, -0.2) is 0 Å². The van der Waals surface area contributed by atoms with E-state index in [9.17, 15) is 0 Å². The Kier molecular flexibility index (Phi) is 1.43. The van der Waals surface area contributed by atoms with Crippen LogP contribution in [-0.2, 0) is 0 Å². The first-order valence-corrected chi connectivity index (χ1v) is 4.29. The van der Waals surface area contributed by atoms with Crippen molar-refractivity contribution in [3.63, 3.8) is 0 Å². The van der Waals surface area contributed by atoms with E-state index in [1.54, 1.807) is 0 Å². The van der Waals surface area contributed by atoms with E-state index in [0.29, 0.717) is 5.41 Å². The number of nitrogens with one attached hydrogen (secondary N) is 1. The first kappa shape index (κ1) is 7.11. The Hall–Kier alpha value is -0.560. The monoisotopic (exact) mass is 149 g/mol. The van der Waals surface area contributed by atoms with Gasteiger partial charge in [0.2, 0.25) is 0 Å². The Balaban J connectivity index is 2.07. The number of fused-ring (bicyclic) bond motifs is 1. The van der Waals surface area contributed by atoms with Crippen LogP contribution in [0, 0.1) is 11.3 Å². The summed E-state index contributed by atoms with van der Waals surface area (Å²) in [7, 11) is 2.00. The van der Waals surface area contributed by atoms with E-state index >= 15 is 0 Å². The Bertz CT molecular complexity index is 227. The molecule has 1 N–H and O–H groups in total. The van der Waals surface area contributed by atoms with E-state index in [4.69, 9.17) is 0 Å². The van der Waals surface area contributed by atoms with Crippen molar-refractivity contribution < 1.29 is 0 Å². The molecular weight excluding hydrogens is 134 g/mol. The summed E-state index contributed by atoms with van der Waals surface area (Å²) in [5.74, 6) is 0.843. The summed E-state index contributed by atoms with van der Waals surface area (Å²) in [4.78, 5) is 0. The molecule has 2 aliphatic rings. The molecule has 0 spiro atoms. The maximum atomic E-state index is 3.17. The fraction of sp³-hybridized carbons (Fsp3) is 0.600. The Morgan fingerprint density at radius 1 is 1.73 bits per heavy atom. The molecule has 11 heavy (non-hydrogen) atoms. The lowest BCUT2D eigenvalue weighted by Crippen LogP contribution is -2.11. The van der Waals surface area contributed by atoms with Crippen LogP contribution in [0.5, 0.6) is 0 Å². The molecule has 60 valence electrons. The van der Waals surface area contributed by atoms with Gasteiger partial charge in [-0.05, 0) is 30.4 Å². The third-order valence-corrected chi connectivity index (χ3v) is 2.82. The van der Waals surface area contributed by atoms with Gasteiger partial charge in [-0.15, -0.1) is 0 Å². The van der Waals surface area contributed by atoms with Gasteiger partial charge in [0.25, 0.3) is 0 Å². The van der Waals surface area contributed by atoms with E-state index in [-0.39, 0.29) is 0 Å². The maximum Gasteiger partial charge on any atom is 0.0199 e. The van der Waals surface area contributed by atoms with Crippen molar-refractivity contribution in [2.75, 3.05) is 13.6 Å². The van der Waals surface area contributed by atoms with E-state index in [2.05, 4.69) is 30.5 Å². The lowest BCUT2D eigenvalue weighted by molar-refractivity contribution is 0.681. The van der Waals surface area contributed by atoms with E-state index < -0.39 is 0 Å². The normalized spacial score (nSPS) is 39.8. The summed E-state index contributed by atoms with van der Waals surface area (Å²) in [6.07, 6.45) is 8.40. The number of likely N-dealkylation sites (N-methyl/N-ethyl adjacent to an activating group) is 1. The smallest absolute Gasteiger partial charge is 0.0199 e. The molecule has 0 aromatic rings. The van der Waals surface area contributed by atoms with Gasteiger partial charge in [-0.2, -0.15) is 0 Å². The molecular formula is C10H15N. The van der Waals surface area contributed by atoms with Gasteiger partial charge in [0.1, 0.15) is 0 Å². The largest absolute Gasteiger partial charge is 0.316 e. The minimum atomic E-state index is 0.539. The van der Waals surface area contributed by atoms with Crippen molar-refractivity contribution in [1.29, 1.82) is 0 Å². The summed E-state index contributed by atoms with van der Waals surface area (Å²) in [6.45, 7) is 3.35. The van der Waals surface area contributed by atoms with Crippen LogP contribution in [0.1, 0.15) is 13.3 Å². The van der Waals surface area contributed by atoms with Crippen molar-refractivity contribution in [1.82, 2.24) is 5.32 Å². The lowest BCUT2D eigenvalue weighted by Gasteiger charge is -2.10. The highest BCUT2D eigenvalue weighted by Gasteiger charge is 2.47. The van der Waals surface area contributed by atoms with Gasteiger partial charge in [0, 0.05) is 6.54 Å². The Labute approximate surface area is 68.2 Å². The van der Waals surface area contributed by atoms with Crippen molar-refractivity contribution in [2.45, 2.75) is 13.3 Å². The highest BCUT2D eigenvalue weighted by molar-refractivity contribution is 5.35. The first-order chi connectivity index (χ1) is 5.24. The van der Waals surface area contributed by atoms with Crippen LogP contribution in [0.4, 0.5) is 0 Å². The zero-order valence-electron chi connectivity index (χ0n) is 7.22. The van der Waals surface area contributed by atoms with E-state index in [0.717, 1.165) is 12.5 Å². The zero-order chi connectivity index (χ0) is 7.90. The SMILES string of the molecule is CNCC1=CC2CC2(C)C=C1. The molecule has 0 aliphatic heterocycles. The molecule has 2 rings (SSSR count). The van der Waals surface area contributed by atoms with E-state index in [1.165, 1.54) is 12.0 Å². The summed E-state index contributed by atoms with van der Waals surface area (Å²) < 4.78 is 0. The highest BCUT2D eigenvalue weighted by Crippen LogP contribution is 2.56. The minimum absolute atomic E-state index is 0.539. The second-order valence-corrected chi connectivity index (χ2v) is 3.92. The van der Waals surface area contributed by atoms with Gasteiger partial charge < -0.3 is 5.32 Å². The predicted molar refractivity (Wildman–Crippen MR) is 47.4 cm³/mol. The Morgan fingerprint density at radius 2 is 2.55 bits per heavy atom. The van der Waals surface area contributed by atoms with Crippen molar-refractivity contribution in [2.24, 2.45) is 11.3 Å². The standard InChI is InChI=1S/C10H15N/c1-10-4-3-8(7-11-2)5-9(10)6-10/h3-5,9,11H,6-7H2,1-2H3. The average molecular weight is 149 g/mol. The van der Waals surface area contributed by atoms with Crippen LogP contribution in [0.2, 0.25) is 0 Å². The van der Waals surface area contributed by atoms with Crippen LogP contribution in [-0.4, -0.2) is 13.6 Å². The van der Waals surface area contributed by atoms with Gasteiger partial charge in [-0.3, -0.25) is 0 Å². The van der Waals surface area contributed by atoms with Crippen molar-refractivity contribution >= 4 is 0 Å². The average Bonchev–Trinajstić information content (AvgIpc) is 2.61. The van der Waals surface area contributed by atoms with Gasteiger partial charge >= 0.3 is 0 Å². The molecule has 0 aromatic carbocycles. The topological polar surface area (TPSA) is 12.0 Å². The van der Waals surface area contributed by atoms with Gasteiger partial charge in [0.05, 0.1) is 0 Å². The fourth-order valence-corrected chi connectivity index (χ4v) is 1.79. The molecule has 1 fully saturated rings. The summed E-state index contributed by atoms with van der Waals surface area (Å²) >= 11 is 0. The summed E-state index contributed by atoms with van der Waals surface area (Å²) in [5.41, 5.74) is 1.99. The van der Waals surface area contributed by atoms with Crippen LogP contribution >= 0.6 is 0 Å². The second-order valence-electron chi connectivity index (χ2n) is 3.92. The quantitative estimate of drug-likeness (QED) is 0.630. The molecule has 2 aliphatic carbocycles. The molecule has 1 heteroatoms. The predicted octanol–water partition coefficient (Wildman–Crippen LogP) is 1.73. The molecule has 0 amide bonds. The third kappa shape index (κ3) is 1.14. The van der Waals surface area contributed by atoms with Crippen LogP contribution in [0.25, 0.3) is 0 Å². The lowest BCUT2D eigenvalue weighted by atomic mass is 9.98.